The Morgan fingerprint density at radius 1 is 1.38 bits per heavy atom. The minimum atomic E-state index is -0.915. The van der Waals surface area contributed by atoms with Crippen molar-refractivity contribution >= 4 is 11.6 Å². The molecule has 1 aromatic carbocycles. The maximum Gasteiger partial charge on any atom is 0.256 e. The summed E-state index contributed by atoms with van der Waals surface area (Å²) in [7, 11) is 0. The Labute approximate surface area is 125 Å². The van der Waals surface area contributed by atoms with Gasteiger partial charge in [-0.15, -0.1) is 0 Å². The van der Waals surface area contributed by atoms with Gasteiger partial charge >= 0.3 is 0 Å². The number of amides is 1. The van der Waals surface area contributed by atoms with Crippen molar-refractivity contribution < 1.29 is 14.3 Å². The standard InChI is InChI=1S/C16H22N2O3/c1-5-9-21-16(3,4)15(19)18-13-7-8-14(20-6-2)12(10-13)11-17/h7-8,10H,5-6,9H2,1-4H3,(H,18,19). The van der Waals surface area contributed by atoms with E-state index in [1.165, 1.54) is 0 Å². The lowest BCUT2D eigenvalue weighted by Gasteiger charge is -2.24. The highest BCUT2D eigenvalue weighted by molar-refractivity contribution is 5.96. The third-order valence-electron chi connectivity index (χ3n) is 2.87. The number of nitrogens with one attached hydrogen (secondary N) is 1. The number of nitriles is 1. The van der Waals surface area contributed by atoms with E-state index in [1.807, 2.05) is 13.8 Å². The van der Waals surface area contributed by atoms with E-state index < -0.39 is 5.60 Å². The Balaban J connectivity index is 2.84. The van der Waals surface area contributed by atoms with E-state index in [0.29, 0.717) is 30.2 Å². The van der Waals surface area contributed by atoms with E-state index in [2.05, 4.69) is 11.4 Å². The summed E-state index contributed by atoms with van der Waals surface area (Å²) in [6.07, 6.45) is 0.846. The Bertz CT molecular complexity index is 533. The molecule has 0 aromatic heterocycles. The van der Waals surface area contributed by atoms with E-state index >= 15 is 0 Å². The SMILES string of the molecule is CCCOC(C)(C)C(=O)Nc1ccc(OCC)c(C#N)c1. The first-order valence-corrected chi connectivity index (χ1v) is 7.07. The van der Waals surface area contributed by atoms with Gasteiger partial charge in [0.05, 0.1) is 12.2 Å². The molecule has 0 fully saturated rings. The first-order chi connectivity index (χ1) is 9.94. The summed E-state index contributed by atoms with van der Waals surface area (Å²) in [5.74, 6) is 0.267. The predicted molar refractivity (Wildman–Crippen MR) is 81.3 cm³/mol. The topological polar surface area (TPSA) is 71.3 Å². The van der Waals surface area contributed by atoms with E-state index in [0.717, 1.165) is 6.42 Å². The molecule has 1 amide bonds. The summed E-state index contributed by atoms with van der Waals surface area (Å²) in [6.45, 7) is 8.28. The lowest BCUT2D eigenvalue weighted by atomic mass is 10.1. The fourth-order valence-electron chi connectivity index (χ4n) is 1.68. The molecule has 1 rings (SSSR count). The highest BCUT2D eigenvalue weighted by Crippen LogP contribution is 2.23. The molecule has 0 unspecified atom stereocenters. The molecule has 21 heavy (non-hydrogen) atoms. The molecule has 0 heterocycles. The first-order valence-electron chi connectivity index (χ1n) is 7.07. The molecule has 0 aliphatic carbocycles. The van der Waals surface area contributed by atoms with Gasteiger partial charge in [-0.05, 0) is 45.4 Å². The van der Waals surface area contributed by atoms with Crippen LogP contribution >= 0.6 is 0 Å². The van der Waals surface area contributed by atoms with E-state index in [9.17, 15) is 4.79 Å². The Kier molecular flexibility index (Phi) is 6.19. The Hall–Kier alpha value is -2.06. The van der Waals surface area contributed by atoms with Gasteiger partial charge in [0, 0.05) is 12.3 Å². The number of carbonyl (C=O) groups is 1. The fourth-order valence-corrected chi connectivity index (χ4v) is 1.68. The van der Waals surface area contributed by atoms with Gasteiger partial charge in [-0.2, -0.15) is 5.26 Å². The molecule has 0 aliphatic heterocycles. The van der Waals surface area contributed by atoms with Crippen LogP contribution in [0.4, 0.5) is 5.69 Å². The van der Waals surface area contributed by atoms with Gasteiger partial charge in [0.1, 0.15) is 17.4 Å². The minimum absolute atomic E-state index is 0.246. The van der Waals surface area contributed by atoms with Crippen molar-refractivity contribution in [3.8, 4) is 11.8 Å². The van der Waals surface area contributed by atoms with Gasteiger partial charge in [0.25, 0.3) is 5.91 Å². The van der Waals surface area contributed by atoms with Crippen molar-refractivity contribution in [2.24, 2.45) is 0 Å². The first kappa shape index (κ1) is 17.0. The van der Waals surface area contributed by atoms with Crippen LogP contribution in [0.1, 0.15) is 39.7 Å². The molecule has 0 bridgehead atoms. The molecule has 1 aromatic rings. The number of nitrogens with zero attached hydrogens (tertiary/aromatic N) is 1. The van der Waals surface area contributed by atoms with Gasteiger partial charge in [0.2, 0.25) is 0 Å². The number of rotatable bonds is 7. The number of hydrogen-bond donors (Lipinski definition) is 1. The van der Waals surface area contributed by atoms with Gasteiger partial charge < -0.3 is 14.8 Å². The molecule has 114 valence electrons. The Morgan fingerprint density at radius 3 is 2.67 bits per heavy atom. The smallest absolute Gasteiger partial charge is 0.256 e. The maximum atomic E-state index is 12.2. The van der Waals surface area contributed by atoms with Crippen LogP contribution in [0.15, 0.2) is 18.2 Å². The molecular formula is C16H22N2O3. The number of ether oxygens (including phenoxy) is 2. The van der Waals surface area contributed by atoms with Gasteiger partial charge in [-0.1, -0.05) is 6.92 Å². The summed E-state index contributed by atoms with van der Waals surface area (Å²) in [5.41, 5.74) is 0.0246. The Morgan fingerprint density at radius 2 is 2.10 bits per heavy atom. The van der Waals surface area contributed by atoms with Crippen LogP contribution in [0.3, 0.4) is 0 Å². The average Bonchev–Trinajstić information content (AvgIpc) is 2.46. The van der Waals surface area contributed by atoms with Crippen molar-refractivity contribution in [1.82, 2.24) is 0 Å². The second kappa shape index (κ2) is 7.65. The zero-order valence-corrected chi connectivity index (χ0v) is 13.0. The normalized spacial score (nSPS) is 10.8. The molecule has 0 radical (unpaired) electrons. The average molecular weight is 290 g/mol. The molecule has 1 N–H and O–H groups in total. The zero-order valence-electron chi connectivity index (χ0n) is 13.0. The van der Waals surface area contributed by atoms with E-state index in [4.69, 9.17) is 14.7 Å². The lowest BCUT2D eigenvalue weighted by molar-refractivity contribution is -0.137. The fraction of sp³-hybridized carbons (Fsp3) is 0.500. The van der Waals surface area contributed by atoms with E-state index in [-0.39, 0.29) is 5.91 Å². The van der Waals surface area contributed by atoms with Crippen LogP contribution in [-0.2, 0) is 9.53 Å². The van der Waals surface area contributed by atoms with Gasteiger partial charge in [0.15, 0.2) is 0 Å². The maximum absolute atomic E-state index is 12.2. The third-order valence-corrected chi connectivity index (χ3v) is 2.87. The predicted octanol–water partition coefficient (Wildman–Crippen LogP) is 3.10. The number of carbonyl (C=O) groups excluding carboxylic acids is 1. The van der Waals surface area contributed by atoms with E-state index in [1.54, 1.807) is 32.0 Å². The molecule has 0 atom stereocenters. The van der Waals surface area contributed by atoms with Crippen LogP contribution in [0.2, 0.25) is 0 Å². The van der Waals surface area contributed by atoms with Gasteiger partial charge in [-0.3, -0.25) is 4.79 Å². The van der Waals surface area contributed by atoms with Crippen LogP contribution in [0.5, 0.6) is 5.75 Å². The van der Waals surface area contributed by atoms with Crippen LogP contribution in [0, 0.1) is 11.3 Å². The molecule has 5 heteroatoms. The molecule has 0 aliphatic rings. The molecule has 0 spiro atoms. The number of hydrogen-bond acceptors (Lipinski definition) is 4. The van der Waals surface area contributed by atoms with Crippen LogP contribution in [-0.4, -0.2) is 24.7 Å². The van der Waals surface area contributed by atoms with Crippen molar-refractivity contribution in [3.05, 3.63) is 23.8 Å². The summed E-state index contributed by atoms with van der Waals surface area (Å²) in [6, 6.07) is 7.04. The molecule has 0 saturated heterocycles. The van der Waals surface area contributed by atoms with Crippen molar-refractivity contribution in [1.29, 1.82) is 5.26 Å². The monoisotopic (exact) mass is 290 g/mol. The summed E-state index contributed by atoms with van der Waals surface area (Å²) in [4.78, 5) is 12.2. The molecule has 0 saturated carbocycles. The van der Waals surface area contributed by atoms with Crippen LogP contribution < -0.4 is 10.1 Å². The zero-order chi connectivity index (χ0) is 15.9. The second-order valence-electron chi connectivity index (χ2n) is 5.07. The summed E-state index contributed by atoms with van der Waals surface area (Å²) >= 11 is 0. The second-order valence-corrected chi connectivity index (χ2v) is 5.07. The van der Waals surface area contributed by atoms with Crippen molar-refractivity contribution in [3.63, 3.8) is 0 Å². The largest absolute Gasteiger partial charge is 0.492 e. The van der Waals surface area contributed by atoms with Crippen molar-refractivity contribution in [2.75, 3.05) is 18.5 Å². The molecule has 5 nitrogen and oxygen atoms in total. The highest BCUT2D eigenvalue weighted by atomic mass is 16.5. The van der Waals surface area contributed by atoms with Crippen molar-refractivity contribution in [2.45, 2.75) is 39.7 Å². The summed E-state index contributed by atoms with van der Waals surface area (Å²) in [5, 5.41) is 11.9. The highest BCUT2D eigenvalue weighted by Gasteiger charge is 2.28. The lowest BCUT2D eigenvalue weighted by Crippen LogP contribution is -2.40. The number of anilines is 1. The summed E-state index contributed by atoms with van der Waals surface area (Å²) < 4.78 is 10.9. The molecular weight excluding hydrogens is 268 g/mol. The minimum Gasteiger partial charge on any atom is -0.492 e. The third kappa shape index (κ3) is 4.76. The van der Waals surface area contributed by atoms with Crippen LogP contribution in [0.25, 0.3) is 0 Å². The quantitative estimate of drug-likeness (QED) is 0.837. The van der Waals surface area contributed by atoms with Gasteiger partial charge in [-0.25, -0.2) is 0 Å². The number of benzene rings is 1.